The second-order valence-corrected chi connectivity index (χ2v) is 6.78. The van der Waals surface area contributed by atoms with E-state index in [-0.39, 0.29) is 22.9 Å². The van der Waals surface area contributed by atoms with Crippen LogP contribution in [0.1, 0.15) is 55.5 Å². The van der Waals surface area contributed by atoms with Gasteiger partial charge in [-0.2, -0.15) is 0 Å². The van der Waals surface area contributed by atoms with Crippen LogP contribution in [0.25, 0.3) is 0 Å². The summed E-state index contributed by atoms with van der Waals surface area (Å²) >= 11 is 0. The molecule has 1 amide bonds. The fourth-order valence-corrected chi connectivity index (χ4v) is 2.32. The summed E-state index contributed by atoms with van der Waals surface area (Å²) in [5.41, 5.74) is 5.55. The van der Waals surface area contributed by atoms with E-state index in [1.54, 1.807) is 6.92 Å². The summed E-state index contributed by atoms with van der Waals surface area (Å²) in [7, 11) is 0. The standard InChI is InChI=1S/C15H24N4O2/c1-8-11(12(20)18-10(7-16)9-5-6-9)13(21)19-14(17-8)15(2,3)4/h9-10H,5-7,16H2,1-4H3,(H,18,20)(H,17,19,21). The van der Waals surface area contributed by atoms with Crippen LogP contribution < -0.4 is 16.6 Å². The molecule has 0 aromatic carbocycles. The Morgan fingerprint density at radius 3 is 2.52 bits per heavy atom. The number of nitrogens with two attached hydrogens (primary N) is 1. The molecule has 1 aromatic rings. The summed E-state index contributed by atoms with van der Waals surface area (Å²) in [5.74, 6) is 0.642. The minimum Gasteiger partial charge on any atom is -0.348 e. The van der Waals surface area contributed by atoms with Gasteiger partial charge in [0.25, 0.3) is 11.5 Å². The van der Waals surface area contributed by atoms with Gasteiger partial charge < -0.3 is 16.0 Å². The molecule has 1 saturated carbocycles. The van der Waals surface area contributed by atoms with Crippen LogP contribution in [0.15, 0.2) is 4.79 Å². The highest BCUT2D eigenvalue weighted by Gasteiger charge is 2.32. The zero-order chi connectivity index (χ0) is 15.8. The van der Waals surface area contributed by atoms with Gasteiger partial charge >= 0.3 is 0 Å². The van der Waals surface area contributed by atoms with Gasteiger partial charge in [0.1, 0.15) is 11.4 Å². The molecule has 1 aliphatic carbocycles. The van der Waals surface area contributed by atoms with E-state index in [2.05, 4.69) is 15.3 Å². The van der Waals surface area contributed by atoms with Gasteiger partial charge in [-0.05, 0) is 25.7 Å². The van der Waals surface area contributed by atoms with Gasteiger partial charge in [0, 0.05) is 18.0 Å². The molecule has 4 N–H and O–H groups in total. The van der Waals surface area contributed by atoms with Gasteiger partial charge in [-0.15, -0.1) is 0 Å². The topological polar surface area (TPSA) is 101 Å². The number of carbonyl (C=O) groups is 1. The third-order valence-corrected chi connectivity index (χ3v) is 3.80. The quantitative estimate of drug-likeness (QED) is 0.765. The summed E-state index contributed by atoms with van der Waals surface area (Å²) in [6.07, 6.45) is 2.16. The van der Waals surface area contributed by atoms with Gasteiger partial charge in [0.05, 0.1) is 5.69 Å². The number of H-pyrrole nitrogens is 1. The summed E-state index contributed by atoms with van der Waals surface area (Å²) in [4.78, 5) is 31.6. The molecule has 21 heavy (non-hydrogen) atoms. The van der Waals surface area contributed by atoms with Crippen molar-refractivity contribution in [2.75, 3.05) is 6.54 Å². The zero-order valence-electron chi connectivity index (χ0n) is 13.1. The molecule has 0 aliphatic heterocycles. The van der Waals surface area contributed by atoms with Gasteiger partial charge in [0.15, 0.2) is 0 Å². The Bertz CT molecular complexity index is 597. The number of hydrogen-bond donors (Lipinski definition) is 3. The molecule has 0 bridgehead atoms. The summed E-state index contributed by atoms with van der Waals surface area (Å²) in [6.45, 7) is 7.96. The molecule has 0 spiro atoms. The molecule has 116 valence electrons. The number of nitrogens with one attached hydrogen (secondary N) is 2. The predicted octanol–water partition coefficient (Wildman–Crippen LogP) is 0.843. The highest BCUT2D eigenvalue weighted by atomic mass is 16.2. The van der Waals surface area contributed by atoms with Crippen LogP contribution in [-0.2, 0) is 5.41 Å². The Kier molecular flexibility index (Phi) is 4.18. The third kappa shape index (κ3) is 3.50. The number of carbonyl (C=O) groups excluding carboxylic acids is 1. The van der Waals surface area contributed by atoms with Crippen LogP contribution in [0.4, 0.5) is 0 Å². The first kappa shape index (κ1) is 15.7. The molecule has 0 saturated heterocycles. The van der Waals surface area contributed by atoms with Crippen molar-refractivity contribution in [1.82, 2.24) is 15.3 Å². The molecule has 6 nitrogen and oxygen atoms in total. The highest BCUT2D eigenvalue weighted by Crippen LogP contribution is 2.32. The second-order valence-electron chi connectivity index (χ2n) is 6.78. The van der Waals surface area contributed by atoms with Crippen molar-refractivity contribution in [3.05, 3.63) is 27.4 Å². The second kappa shape index (κ2) is 5.60. The molecular weight excluding hydrogens is 268 g/mol. The summed E-state index contributed by atoms with van der Waals surface area (Å²) < 4.78 is 0. The van der Waals surface area contributed by atoms with Gasteiger partial charge in [-0.1, -0.05) is 20.8 Å². The highest BCUT2D eigenvalue weighted by molar-refractivity contribution is 5.95. The van der Waals surface area contributed by atoms with Crippen molar-refractivity contribution in [1.29, 1.82) is 0 Å². The third-order valence-electron chi connectivity index (χ3n) is 3.80. The van der Waals surface area contributed by atoms with E-state index < -0.39 is 5.56 Å². The van der Waals surface area contributed by atoms with Gasteiger partial charge in [-0.3, -0.25) is 9.59 Å². The fraction of sp³-hybridized carbons (Fsp3) is 0.667. The number of aromatic amines is 1. The molecular formula is C15H24N4O2. The Balaban J connectivity index is 2.27. The molecule has 1 fully saturated rings. The average Bonchev–Trinajstić information content (AvgIpc) is 3.18. The van der Waals surface area contributed by atoms with E-state index in [1.807, 2.05) is 20.8 Å². The average molecular weight is 292 g/mol. The zero-order valence-corrected chi connectivity index (χ0v) is 13.1. The van der Waals surface area contributed by atoms with Crippen LogP contribution in [-0.4, -0.2) is 28.5 Å². The lowest BCUT2D eigenvalue weighted by molar-refractivity contribution is 0.0930. The van der Waals surface area contributed by atoms with Gasteiger partial charge in [-0.25, -0.2) is 4.98 Å². The summed E-state index contributed by atoms with van der Waals surface area (Å²) in [6, 6.07) is -0.0569. The Morgan fingerprint density at radius 1 is 1.48 bits per heavy atom. The molecule has 1 heterocycles. The summed E-state index contributed by atoms with van der Waals surface area (Å²) in [5, 5.41) is 2.86. The number of aryl methyl sites for hydroxylation is 1. The van der Waals surface area contributed by atoms with E-state index in [4.69, 9.17) is 5.73 Å². The number of rotatable bonds is 4. The molecule has 2 rings (SSSR count). The maximum absolute atomic E-state index is 12.3. The minimum absolute atomic E-state index is 0.0569. The number of hydrogen-bond acceptors (Lipinski definition) is 4. The van der Waals surface area contributed by atoms with Crippen molar-refractivity contribution < 1.29 is 4.79 Å². The maximum Gasteiger partial charge on any atom is 0.264 e. The molecule has 0 radical (unpaired) electrons. The van der Waals surface area contributed by atoms with Crippen molar-refractivity contribution >= 4 is 5.91 Å². The predicted molar refractivity (Wildman–Crippen MR) is 81.3 cm³/mol. The van der Waals surface area contributed by atoms with Crippen molar-refractivity contribution in [3.63, 3.8) is 0 Å². The molecule has 1 aliphatic rings. The van der Waals surface area contributed by atoms with E-state index in [0.29, 0.717) is 24.0 Å². The first-order chi connectivity index (χ1) is 9.74. The fourth-order valence-electron chi connectivity index (χ4n) is 2.32. The molecule has 6 heteroatoms. The van der Waals surface area contributed by atoms with Crippen molar-refractivity contribution in [2.45, 2.75) is 52.0 Å². The Hall–Kier alpha value is -1.69. The largest absolute Gasteiger partial charge is 0.348 e. The molecule has 1 aromatic heterocycles. The van der Waals surface area contributed by atoms with Crippen LogP contribution in [0.5, 0.6) is 0 Å². The number of aromatic nitrogens is 2. The van der Waals surface area contributed by atoms with E-state index >= 15 is 0 Å². The Morgan fingerprint density at radius 2 is 2.10 bits per heavy atom. The lowest BCUT2D eigenvalue weighted by atomic mass is 9.95. The lowest BCUT2D eigenvalue weighted by Crippen LogP contribution is -2.44. The number of nitrogens with zero attached hydrogens (tertiary/aromatic N) is 1. The maximum atomic E-state index is 12.3. The Labute approximate surface area is 124 Å². The van der Waals surface area contributed by atoms with Crippen LogP contribution in [0.3, 0.4) is 0 Å². The molecule has 1 unspecified atom stereocenters. The monoisotopic (exact) mass is 292 g/mol. The van der Waals surface area contributed by atoms with Crippen LogP contribution in [0.2, 0.25) is 0 Å². The van der Waals surface area contributed by atoms with Crippen LogP contribution >= 0.6 is 0 Å². The number of amides is 1. The van der Waals surface area contributed by atoms with E-state index in [9.17, 15) is 9.59 Å². The SMILES string of the molecule is Cc1nc(C(C)(C)C)[nH]c(=O)c1C(=O)NC(CN)C1CC1. The van der Waals surface area contributed by atoms with Crippen LogP contribution in [0, 0.1) is 12.8 Å². The lowest BCUT2D eigenvalue weighted by Gasteiger charge is -2.19. The van der Waals surface area contributed by atoms with Crippen molar-refractivity contribution in [2.24, 2.45) is 11.7 Å². The normalized spacial score (nSPS) is 16.6. The van der Waals surface area contributed by atoms with E-state index in [1.165, 1.54) is 0 Å². The molecule has 1 atom stereocenters. The minimum atomic E-state index is -0.392. The first-order valence-corrected chi connectivity index (χ1v) is 7.36. The van der Waals surface area contributed by atoms with Crippen molar-refractivity contribution in [3.8, 4) is 0 Å². The van der Waals surface area contributed by atoms with Gasteiger partial charge in [0.2, 0.25) is 0 Å². The van der Waals surface area contributed by atoms with E-state index in [0.717, 1.165) is 12.8 Å². The first-order valence-electron chi connectivity index (χ1n) is 7.36. The smallest absolute Gasteiger partial charge is 0.264 e.